The van der Waals surface area contributed by atoms with Gasteiger partial charge in [-0.05, 0) is 50.8 Å². The van der Waals surface area contributed by atoms with Crippen LogP contribution in [0.1, 0.15) is 65.4 Å². The summed E-state index contributed by atoms with van der Waals surface area (Å²) in [4.78, 5) is 25.2. The molecule has 2 fully saturated rings. The third kappa shape index (κ3) is 6.61. The Kier molecular flexibility index (Phi) is 9.69. The second-order valence-corrected chi connectivity index (χ2v) is 12.6. The minimum Gasteiger partial charge on any atom is -0.467 e. The number of methoxy groups -OCH3 is 1. The lowest BCUT2D eigenvalue weighted by Crippen LogP contribution is -2.29. The van der Waals surface area contributed by atoms with Crippen LogP contribution < -0.4 is 20.7 Å². The molecule has 6 heterocycles. The van der Waals surface area contributed by atoms with E-state index in [0.717, 1.165) is 29.8 Å². The summed E-state index contributed by atoms with van der Waals surface area (Å²) >= 11 is 6.50. The Morgan fingerprint density at radius 2 is 1.96 bits per heavy atom. The maximum absolute atomic E-state index is 15.0. The molecule has 0 saturated carbocycles. The van der Waals surface area contributed by atoms with Crippen LogP contribution in [0.4, 0.5) is 38.3 Å². The summed E-state index contributed by atoms with van der Waals surface area (Å²) < 4.78 is 81.0. The van der Waals surface area contributed by atoms with Crippen molar-refractivity contribution in [3.05, 3.63) is 56.7 Å². The van der Waals surface area contributed by atoms with E-state index < -0.39 is 47.1 Å². The van der Waals surface area contributed by atoms with Gasteiger partial charge in [-0.2, -0.15) is 32.9 Å². The van der Waals surface area contributed by atoms with Gasteiger partial charge in [-0.3, -0.25) is 4.90 Å². The van der Waals surface area contributed by atoms with Crippen molar-refractivity contribution in [2.75, 3.05) is 44.4 Å². The van der Waals surface area contributed by atoms with Gasteiger partial charge in [0, 0.05) is 55.8 Å². The fourth-order valence-corrected chi connectivity index (χ4v) is 7.21. The number of fused-ring (bicyclic) bond motifs is 3. The van der Waals surface area contributed by atoms with E-state index in [9.17, 15) is 26.7 Å². The van der Waals surface area contributed by atoms with Crippen LogP contribution in [-0.2, 0) is 36.9 Å². The number of nitrogens with one attached hydrogen (secondary N) is 1. The lowest BCUT2D eigenvalue weighted by atomic mass is 9.94. The molecule has 0 aliphatic carbocycles. The molecule has 1 amide bonds. The number of carbonyl (C=O) groups excluding carboxylic acids is 1. The van der Waals surface area contributed by atoms with Crippen LogP contribution in [0.5, 0.6) is 6.01 Å². The number of carbonyl (C=O) groups is 1. The first-order valence-electron chi connectivity index (χ1n) is 15.7. The molecular weight excluding hydrogens is 663 g/mol. The lowest BCUT2D eigenvalue weighted by molar-refractivity contribution is -0.140. The highest BCUT2D eigenvalue weighted by molar-refractivity contribution is 6.31. The second kappa shape index (κ2) is 13.6. The van der Waals surface area contributed by atoms with Gasteiger partial charge < -0.3 is 25.4 Å². The van der Waals surface area contributed by atoms with E-state index in [4.69, 9.17) is 26.8 Å². The Balaban J connectivity index is 0.000000381. The number of anilines is 2. The number of hydrogen-bond donors (Lipinski definition) is 2. The lowest BCUT2D eigenvalue weighted by Gasteiger charge is -2.31. The number of ether oxygens (including phenoxy) is 2. The number of halogens is 6. The molecule has 0 radical (unpaired) electrons. The van der Waals surface area contributed by atoms with E-state index >= 15 is 0 Å². The first-order valence-corrected chi connectivity index (χ1v) is 16.1. The molecule has 3 N–H and O–H groups in total. The van der Waals surface area contributed by atoms with Crippen LogP contribution in [-0.4, -0.2) is 76.7 Å². The summed E-state index contributed by atoms with van der Waals surface area (Å²) in [6.07, 6.45) is -2.24. The standard InChI is InChI=1S/C24H24ClF4N7O3.C7H12FN/c1-31-23(37)36-20(25)11-9-35(7-3-4-15(11)34-36)21-12-10-39-17(8-16(12)32-22(33-21)38-2)18-13(24(27,28)29)5-6-14(30)19(18)26;8-6-4-7-2-1-3-9(7)5-6/h5-6,17H,3-4,7-10,30H2,1-2H3,(H,31,37);6-7H,1-5H2. The molecule has 4 aliphatic heterocycles. The fourth-order valence-electron chi connectivity index (χ4n) is 6.92. The van der Waals surface area contributed by atoms with E-state index in [2.05, 4.69) is 25.3 Å². The van der Waals surface area contributed by atoms with Crippen molar-refractivity contribution in [2.45, 2.75) is 76.2 Å². The van der Waals surface area contributed by atoms with Gasteiger partial charge in [-0.15, -0.1) is 0 Å². The third-order valence-electron chi connectivity index (χ3n) is 9.24. The second-order valence-electron chi connectivity index (χ2n) is 12.2. The summed E-state index contributed by atoms with van der Waals surface area (Å²) in [6.45, 7) is 2.46. The van der Waals surface area contributed by atoms with Crippen LogP contribution in [0.25, 0.3) is 0 Å². The molecule has 3 aromatic rings. The Labute approximate surface area is 278 Å². The number of aryl methyl sites for hydroxylation is 1. The number of hydrogen-bond acceptors (Lipinski definition) is 9. The highest BCUT2D eigenvalue weighted by atomic mass is 35.5. The summed E-state index contributed by atoms with van der Waals surface area (Å²) in [5.41, 5.74) is 5.58. The van der Waals surface area contributed by atoms with Crippen molar-refractivity contribution in [1.29, 1.82) is 0 Å². The van der Waals surface area contributed by atoms with Gasteiger partial charge in [0.15, 0.2) is 5.82 Å². The predicted molar refractivity (Wildman–Crippen MR) is 166 cm³/mol. The van der Waals surface area contributed by atoms with Gasteiger partial charge in [0.25, 0.3) is 0 Å². The van der Waals surface area contributed by atoms with E-state index in [1.807, 2.05) is 4.90 Å². The number of alkyl halides is 4. The Morgan fingerprint density at radius 1 is 1.17 bits per heavy atom. The summed E-state index contributed by atoms with van der Waals surface area (Å²) in [6, 6.07) is 1.75. The van der Waals surface area contributed by atoms with E-state index in [-0.39, 0.29) is 30.7 Å². The molecule has 11 nitrogen and oxygen atoms in total. The van der Waals surface area contributed by atoms with Gasteiger partial charge in [0.1, 0.15) is 17.1 Å². The fraction of sp³-hybridized carbons (Fsp3) is 0.548. The van der Waals surface area contributed by atoms with Gasteiger partial charge in [0.2, 0.25) is 0 Å². The third-order valence-corrected chi connectivity index (χ3v) is 9.63. The SMILES string of the molecule is CNC(=O)n1nc2c(c1Cl)CN(c1nc(OC)nc3c1COC(c1c(C(F)(F)F)ccc(N)c1F)C3)CCC2.FC1CC2CCCN2C1. The van der Waals surface area contributed by atoms with Gasteiger partial charge in [0.05, 0.1) is 42.5 Å². The van der Waals surface area contributed by atoms with Gasteiger partial charge >= 0.3 is 18.2 Å². The van der Waals surface area contributed by atoms with E-state index in [0.29, 0.717) is 60.3 Å². The largest absolute Gasteiger partial charge is 0.467 e. The van der Waals surface area contributed by atoms with Crippen molar-refractivity contribution in [2.24, 2.45) is 0 Å². The maximum Gasteiger partial charge on any atom is 0.416 e. The Bertz CT molecular complexity index is 1680. The highest BCUT2D eigenvalue weighted by Crippen LogP contribution is 2.43. The topological polar surface area (TPSA) is 124 Å². The van der Waals surface area contributed by atoms with Crippen molar-refractivity contribution < 1.29 is 36.2 Å². The number of rotatable bonds is 3. The monoisotopic (exact) mass is 698 g/mol. The molecule has 2 aromatic heterocycles. The molecule has 0 bridgehead atoms. The van der Waals surface area contributed by atoms with Gasteiger partial charge in [-0.1, -0.05) is 11.6 Å². The zero-order valence-electron chi connectivity index (χ0n) is 26.4. The Morgan fingerprint density at radius 3 is 2.67 bits per heavy atom. The molecule has 1 aromatic carbocycles. The number of aromatic nitrogens is 4. The molecule has 260 valence electrons. The average Bonchev–Trinajstić information content (AvgIpc) is 3.68. The summed E-state index contributed by atoms with van der Waals surface area (Å²) in [5, 5.41) is 7.00. The summed E-state index contributed by atoms with van der Waals surface area (Å²) in [7, 11) is 2.84. The zero-order valence-corrected chi connectivity index (χ0v) is 27.2. The van der Waals surface area contributed by atoms with Crippen LogP contribution in [0.15, 0.2) is 12.1 Å². The number of nitrogen functional groups attached to an aromatic ring is 1. The summed E-state index contributed by atoms with van der Waals surface area (Å²) in [5.74, 6) is -0.738. The quantitative estimate of drug-likeness (QED) is 0.280. The molecular formula is C31H36ClF5N8O3. The van der Waals surface area contributed by atoms with E-state index in [1.165, 1.54) is 27.0 Å². The molecule has 0 spiro atoms. The minimum absolute atomic E-state index is 0.00915. The minimum atomic E-state index is -4.82. The maximum atomic E-state index is 15.0. The first kappa shape index (κ1) is 34.1. The molecule has 2 saturated heterocycles. The first-order chi connectivity index (χ1) is 22.9. The van der Waals surface area contributed by atoms with Crippen LogP contribution in [0, 0.1) is 5.82 Å². The molecule has 3 atom stereocenters. The molecule has 17 heteroatoms. The predicted octanol–water partition coefficient (Wildman–Crippen LogP) is 5.22. The van der Waals surface area contributed by atoms with E-state index in [1.54, 1.807) is 0 Å². The van der Waals surface area contributed by atoms with Gasteiger partial charge in [-0.25, -0.2) is 13.6 Å². The van der Waals surface area contributed by atoms with Crippen molar-refractivity contribution in [3.8, 4) is 6.01 Å². The normalized spacial score (nSPS) is 22.2. The van der Waals surface area contributed by atoms with Crippen molar-refractivity contribution in [1.82, 2.24) is 30.0 Å². The zero-order chi connectivity index (χ0) is 34.3. The van der Waals surface area contributed by atoms with Crippen LogP contribution >= 0.6 is 11.6 Å². The van der Waals surface area contributed by atoms with Crippen LogP contribution in [0.3, 0.4) is 0 Å². The molecule has 7 rings (SSSR count). The molecule has 48 heavy (non-hydrogen) atoms. The molecule has 3 unspecified atom stereocenters. The van der Waals surface area contributed by atoms with Crippen molar-refractivity contribution in [3.63, 3.8) is 0 Å². The number of amides is 1. The Hall–Kier alpha value is -3.76. The van der Waals surface area contributed by atoms with Crippen LogP contribution in [0.2, 0.25) is 5.15 Å². The highest BCUT2D eigenvalue weighted by Gasteiger charge is 2.40. The number of nitrogens with zero attached hydrogens (tertiary/aromatic N) is 6. The number of nitrogens with two attached hydrogens (primary N) is 1. The number of benzene rings is 1. The smallest absolute Gasteiger partial charge is 0.416 e. The molecule has 4 aliphatic rings. The van der Waals surface area contributed by atoms with Crippen molar-refractivity contribution >= 4 is 29.1 Å². The average molecular weight is 699 g/mol.